The van der Waals surface area contributed by atoms with E-state index in [2.05, 4.69) is 50.4 Å². The highest BCUT2D eigenvalue weighted by Crippen LogP contribution is 2.52. The molecule has 1 aromatic carbocycles. The number of aromatic nitrogens is 3. The third-order valence-corrected chi connectivity index (χ3v) is 3.60. The molecule has 0 saturated heterocycles. The van der Waals surface area contributed by atoms with Crippen LogP contribution in [0, 0.1) is 0 Å². The van der Waals surface area contributed by atoms with Crippen LogP contribution in [0.5, 0.6) is 0 Å². The van der Waals surface area contributed by atoms with Crippen LogP contribution in [0.2, 0.25) is 0 Å². The molecule has 1 aromatic heterocycles. The van der Waals surface area contributed by atoms with Crippen molar-refractivity contribution >= 4 is 5.95 Å². The van der Waals surface area contributed by atoms with Gasteiger partial charge < -0.3 is 5.32 Å². The highest BCUT2D eigenvalue weighted by atomic mass is 15.3. The van der Waals surface area contributed by atoms with Crippen molar-refractivity contribution in [1.29, 1.82) is 0 Å². The van der Waals surface area contributed by atoms with Crippen molar-refractivity contribution < 1.29 is 0 Å². The quantitative estimate of drug-likeness (QED) is 0.873. The number of rotatable bonds is 3. The van der Waals surface area contributed by atoms with Crippen molar-refractivity contribution in [2.24, 2.45) is 7.05 Å². The van der Waals surface area contributed by atoms with Gasteiger partial charge in [-0.2, -0.15) is 0 Å². The van der Waals surface area contributed by atoms with Crippen molar-refractivity contribution in [1.82, 2.24) is 14.8 Å². The average Bonchev–Trinajstić information content (AvgIpc) is 3.09. The molecule has 2 aromatic rings. The monoisotopic (exact) mass is 228 g/mol. The summed E-state index contributed by atoms with van der Waals surface area (Å²) >= 11 is 0. The van der Waals surface area contributed by atoms with Gasteiger partial charge in [0, 0.05) is 14.1 Å². The molecule has 88 valence electrons. The van der Waals surface area contributed by atoms with E-state index in [4.69, 9.17) is 0 Å². The molecular weight excluding hydrogens is 212 g/mol. The predicted octanol–water partition coefficient (Wildman–Crippen LogP) is 1.94. The van der Waals surface area contributed by atoms with Crippen LogP contribution in [0.25, 0.3) is 0 Å². The molecule has 1 saturated carbocycles. The maximum absolute atomic E-state index is 4.35. The first-order valence-electron chi connectivity index (χ1n) is 5.91. The van der Waals surface area contributed by atoms with E-state index in [9.17, 15) is 0 Å². The SMILES string of the molecule is CNc1nnc(C2(c3ccccc3)CC2)n1C. The molecule has 1 heterocycles. The summed E-state index contributed by atoms with van der Waals surface area (Å²) in [5.41, 5.74) is 1.44. The van der Waals surface area contributed by atoms with E-state index < -0.39 is 0 Å². The minimum atomic E-state index is 0.0953. The summed E-state index contributed by atoms with van der Waals surface area (Å²) in [7, 11) is 3.89. The molecule has 4 nitrogen and oxygen atoms in total. The smallest absolute Gasteiger partial charge is 0.224 e. The minimum Gasteiger partial charge on any atom is -0.357 e. The fourth-order valence-electron chi connectivity index (χ4n) is 2.49. The van der Waals surface area contributed by atoms with E-state index >= 15 is 0 Å². The Morgan fingerprint density at radius 3 is 2.41 bits per heavy atom. The summed E-state index contributed by atoms with van der Waals surface area (Å²) in [6, 6.07) is 10.6. The third-order valence-electron chi connectivity index (χ3n) is 3.60. The van der Waals surface area contributed by atoms with Gasteiger partial charge in [0.15, 0.2) is 0 Å². The number of nitrogens with one attached hydrogen (secondary N) is 1. The van der Waals surface area contributed by atoms with Crippen LogP contribution in [-0.4, -0.2) is 21.8 Å². The first kappa shape index (κ1) is 10.3. The number of hydrogen-bond donors (Lipinski definition) is 1. The van der Waals surface area contributed by atoms with Crippen LogP contribution in [0.15, 0.2) is 30.3 Å². The van der Waals surface area contributed by atoms with Gasteiger partial charge in [-0.3, -0.25) is 4.57 Å². The van der Waals surface area contributed by atoms with Gasteiger partial charge in [0.1, 0.15) is 5.82 Å². The van der Waals surface area contributed by atoms with Gasteiger partial charge in [-0.1, -0.05) is 30.3 Å². The molecule has 0 aliphatic heterocycles. The fourth-order valence-corrected chi connectivity index (χ4v) is 2.49. The van der Waals surface area contributed by atoms with Gasteiger partial charge in [-0.25, -0.2) is 0 Å². The van der Waals surface area contributed by atoms with Crippen molar-refractivity contribution in [3.63, 3.8) is 0 Å². The molecule has 0 bridgehead atoms. The lowest BCUT2D eigenvalue weighted by molar-refractivity contribution is 0.694. The minimum absolute atomic E-state index is 0.0953. The number of nitrogens with zero attached hydrogens (tertiary/aromatic N) is 3. The van der Waals surface area contributed by atoms with E-state index in [1.54, 1.807) is 0 Å². The predicted molar refractivity (Wildman–Crippen MR) is 67.0 cm³/mol. The Morgan fingerprint density at radius 2 is 1.88 bits per heavy atom. The van der Waals surface area contributed by atoms with Crippen LogP contribution >= 0.6 is 0 Å². The second-order valence-corrected chi connectivity index (χ2v) is 4.60. The molecule has 1 aliphatic rings. The Hall–Kier alpha value is -1.84. The summed E-state index contributed by atoms with van der Waals surface area (Å²) in [4.78, 5) is 0. The van der Waals surface area contributed by atoms with Crippen LogP contribution < -0.4 is 5.32 Å². The van der Waals surface area contributed by atoms with Crippen LogP contribution in [0.1, 0.15) is 24.2 Å². The first-order valence-corrected chi connectivity index (χ1v) is 5.91. The number of anilines is 1. The third kappa shape index (κ3) is 1.44. The average molecular weight is 228 g/mol. The maximum atomic E-state index is 4.35. The number of hydrogen-bond acceptors (Lipinski definition) is 3. The zero-order chi connectivity index (χ0) is 11.9. The Morgan fingerprint density at radius 1 is 1.18 bits per heavy atom. The van der Waals surface area contributed by atoms with Crippen LogP contribution in [0.4, 0.5) is 5.95 Å². The van der Waals surface area contributed by atoms with Gasteiger partial charge in [-0.15, -0.1) is 10.2 Å². The summed E-state index contributed by atoms with van der Waals surface area (Å²) in [6.07, 6.45) is 2.32. The molecule has 4 heteroatoms. The molecule has 3 rings (SSSR count). The lowest BCUT2D eigenvalue weighted by Gasteiger charge is -2.15. The second kappa shape index (κ2) is 3.58. The standard InChI is InChI=1S/C13H16N4/c1-14-12-16-15-11(17(12)2)13(8-9-13)10-6-4-3-5-7-10/h3-7H,8-9H2,1-2H3,(H,14,16). The van der Waals surface area contributed by atoms with Crippen molar-refractivity contribution in [2.75, 3.05) is 12.4 Å². The molecule has 0 amide bonds. The highest BCUT2D eigenvalue weighted by Gasteiger charge is 2.49. The summed E-state index contributed by atoms with van der Waals surface area (Å²) in [5.74, 6) is 1.88. The molecular formula is C13H16N4. The van der Waals surface area contributed by atoms with Crippen molar-refractivity contribution in [2.45, 2.75) is 18.3 Å². The van der Waals surface area contributed by atoms with Gasteiger partial charge in [0.05, 0.1) is 5.41 Å². The summed E-state index contributed by atoms with van der Waals surface area (Å²) in [5, 5.41) is 11.6. The van der Waals surface area contributed by atoms with E-state index in [1.165, 1.54) is 5.56 Å². The Labute approximate surface area is 101 Å². The Balaban J connectivity index is 2.07. The second-order valence-electron chi connectivity index (χ2n) is 4.60. The van der Waals surface area contributed by atoms with Gasteiger partial charge in [0.2, 0.25) is 5.95 Å². The lowest BCUT2D eigenvalue weighted by Crippen LogP contribution is -2.15. The van der Waals surface area contributed by atoms with Crippen LogP contribution in [-0.2, 0) is 12.5 Å². The summed E-state index contributed by atoms with van der Waals surface area (Å²) in [6.45, 7) is 0. The Kier molecular flexibility index (Phi) is 2.18. The van der Waals surface area contributed by atoms with E-state index in [0.717, 1.165) is 24.6 Å². The van der Waals surface area contributed by atoms with Crippen molar-refractivity contribution in [3.05, 3.63) is 41.7 Å². The molecule has 0 spiro atoms. The lowest BCUT2D eigenvalue weighted by atomic mass is 9.95. The Bertz CT molecular complexity index is 526. The van der Waals surface area contributed by atoms with Gasteiger partial charge >= 0.3 is 0 Å². The van der Waals surface area contributed by atoms with Gasteiger partial charge in [0.25, 0.3) is 0 Å². The van der Waals surface area contributed by atoms with E-state index in [1.807, 2.05) is 14.1 Å². The zero-order valence-electron chi connectivity index (χ0n) is 10.1. The molecule has 0 radical (unpaired) electrons. The fraction of sp³-hybridized carbons (Fsp3) is 0.385. The molecule has 0 unspecified atom stereocenters. The molecule has 17 heavy (non-hydrogen) atoms. The highest BCUT2D eigenvalue weighted by molar-refractivity contribution is 5.41. The zero-order valence-corrected chi connectivity index (χ0v) is 10.1. The molecule has 0 atom stereocenters. The molecule has 1 aliphatic carbocycles. The maximum Gasteiger partial charge on any atom is 0.224 e. The van der Waals surface area contributed by atoms with Crippen molar-refractivity contribution in [3.8, 4) is 0 Å². The summed E-state index contributed by atoms with van der Waals surface area (Å²) < 4.78 is 2.06. The topological polar surface area (TPSA) is 42.7 Å². The van der Waals surface area contributed by atoms with E-state index in [-0.39, 0.29) is 5.41 Å². The largest absolute Gasteiger partial charge is 0.357 e. The molecule has 1 fully saturated rings. The van der Waals surface area contributed by atoms with E-state index in [0.29, 0.717) is 0 Å². The normalized spacial score (nSPS) is 16.8. The number of benzene rings is 1. The molecule has 1 N–H and O–H groups in total. The van der Waals surface area contributed by atoms with Crippen LogP contribution in [0.3, 0.4) is 0 Å². The van der Waals surface area contributed by atoms with Gasteiger partial charge in [-0.05, 0) is 18.4 Å². The first-order chi connectivity index (χ1) is 8.28.